The number of benzene rings is 1. The highest BCUT2D eigenvalue weighted by Crippen LogP contribution is 2.25. The SMILES string of the molecule is CC(C)(C)OC(=O)NCC(=O)O/N=C(\N)C1CCCCN1S(=O)(=O)c1nc2ccccc2[nH]1. The first-order valence-corrected chi connectivity index (χ1v) is 11.9. The summed E-state index contributed by atoms with van der Waals surface area (Å²) in [7, 11) is -4.00. The van der Waals surface area contributed by atoms with E-state index < -0.39 is 40.3 Å². The van der Waals surface area contributed by atoms with E-state index in [1.165, 1.54) is 4.31 Å². The van der Waals surface area contributed by atoms with Gasteiger partial charge in [0.05, 0.1) is 17.1 Å². The van der Waals surface area contributed by atoms with Crippen LogP contribution in [0.1, 0.15) is 40.0 Å². The molecule has 12 nitrogen and oxygen atoms in total. The maximum absolute atomic E-state index is 13.3. The molecule has 0 aliphatic carbocycles. The van der Waals surface area contributed by atoms with Gasteiger partial charge >= 0.3 is 12.1 Å². The number of hydrogen-bond donors (Lipinski definition) is 3. The van der Waals surface area contributed by atoms with Crippen LogP contribution >= 0.6 is 0 Å². The van der Waals surface area contributed by atoms with Crippen LogP contribution < -0.4 is 11.1 Å². The third-order valence-corrected chi connectivity index (χ3v) is 6.48. The number of piperidine rings is 1. The van der Waals surface area contributed by atoms with Crippen LogP contribution in [0.4, 0.5) is 4.79 Å². The van der Waals surface area contributed by atoms with Gasteiger partial charge in [0, 0.05) is 6.54 Å². The number of imidazole rings is 1. The van der Waals surface area contributed by atoms with Crippen LogP contribution in [0.2, 0.25) is 0 Å². The van der Waals surface area contributed by atoms with E-state index in [-0.39, 0.29) is 17.5 Å². The average molecular weight is 481 g/mol. The van der Waals surface area contributed by atoms with Crippen LogP contribution in [0.5, 0.6) is 0 Å². The van der Waals surface area contributed by atoms with Crippen LogP contribution in [0.3, 0.4) is 0 Å². The molecule has 1 fully saturated rings. The molecule has 33 heavy (non-hydrogen) atoms. The quantitative estimate of drug-likeness (QED) is 0.241. The zero-order valence-corrected chi connectivity index (χ0v) is 19.5. The van der Waals surface area contributed by atoms with Gasteiger partial charge in [0.25, 0.3) is 10.0 Å². The van der Waals surface area contributed by atoms with Gasteiger partial charge < -0.3 is 25.6 Å². The summed E-state index contributed by atoms with van der Waals surface area (Å²) in [6.07, 6.45) is 0.985. The number of amides is 1. The number of aromatic nitrogens is 2. The predicted molar refractivity (Wildman–Crippen MR) is 120 cm³/mol. The van der Waals surface area contributed by atoms with Crippen LogP contribution in [0.15, 0.2) is 34.6 Å². The van der Waals surface area contributed by atoms with Crippen molar-refractivity contribution in [3.05, 3.63) is 24.3 Å². The van der Waals surface area contributed by atoms with Crippen molar-refractivity contribution >= 4 is 39.0 Å². The summed E-state index contributed by atoms with van der Waals surface area (Å²) in [6, 6.07) is 6.18. The van der Waals surface area contributed by atoms with E-state index in [9.17, 15) is 18.0 Å². The summed E-state index contributed by atoms with van der Waals surface area (Å²) in [4.78, 5) is 35.3. The summed E-state index contributed by atoms with van der Waals surface area (Å²) in [6.45, 7) is 4.79. The van der Waals surface area contributed by atoms with E-state index in [4.69, 9.17) is 15.3 Å². The van der Waals surface area contributed by atoms with E-state index >= 15 is 0 Å². The van der Waals surface area contributed by atoms with Gasteiger partial charge in [-0.05, 0) is 45.7 Å². The Bertz CT molecular complexity index is 1120. The molecular formula is C20H28N6O6S. The third-order valence-electron chi connectivity index (χ3n) is 4.74. The number of carbonyl (C=O) groups excluding carboxylic acids is 2. The molecule has 1 unspecified atom stereocenters. The highest BCUT2D eigenvalue weighted by atomic mass is 32.2. The summed E-state index contributed by atoms with van der Waals surface area (Å²) in [5.41, 5.74) is 6.41. The number of sulfonamides is 1. The third kappa shape index (κ3) is 6.20. The second-order valence-corrected chi connectivity index (χ2v) is 10.3. The molecule has 1 aromatic heterocycles. The smallest absolute Gasteiger partial charge is 0.408 e. The fourth-order valence-corrected chi connectivity index (χ4v) is 4.90. The minimum atomic E-state index is -4.00. The Morgan fingerprint density at radius 2 is 2.03 bits per heavy atom. The number of nitrogens with one attached hydrogen (secondary N) is 2. The van der Waals surface area contributed by atoms with Crippen molar-refractivity contribution < 1.29 is 27.6 Å². The van der Waals surface area contributed by atoms with Gasteiger partial charge in [-0.3, -0.25) is 0 Å². The molecule has 180 valence electrons. The highest BCUT2D eigenvalue weighted by molar-refractivity contribution is 7.89. The van der Waals surface area contributed by atoms with Crippen molar-refractivity contribution in [2.45, 2.75) is 56.8 Å². The molecule has 2 heterocycles. The molecule has 2 aromatic rings. The zero-order chi connectivity index (χ0) is 24.2. The lowest BCUT2D eigenvalue weighted by Gasteiger charge is -2.32. The first-order chi connectivity index (χ1) is 15.5. The Balaban J connectivity index is 1.68. The molecule has 13 heteroatoms. The molecule has 1 atom stereocenters. The second kappa shape index (κ2) is 9.75. The Labute approximate surface area is 191 Å². The number of para-hydroxylation sites is 2. The predicted octanol–water partition coefficient (Wildman–Crippen LogP) is 1.45. The molecular weight excluding hydrogens is 452 g/mol. The first-order valence-electron chi connectivity index (χ1n) is 10.4. The number of rotatable bonds is 6. The Kier molecular flexibility index (Phi) is 7.22. The monoisotopic (exact) mass is 480 g/mol. The van der Waals surface area contributed by atoms with Gasteiger partial charge in [0.15, 0.2) is 5.84 Å². The van der Waals surface area contributed by atoms with E-state index in [0.717, 1.165) is 6.42 Å². The number of aromatic amines is 1. The number of nitrogens with two attached hydrogens (primary N) is 1. The number of fused-ring (bicyclic) bond motifs is 1. The van der Waals surface area contributed by atoms with Crippen molar-refractivity contribution in [3.63, 3.8) is 0 Å². The van der Waals surface area contributed by atoms with Crippen molar-refractivity contribution in [2.24, 2.45) is 10.9 Å². The summed E-state index contributed by atoms with van der Waals surface area (Å²) >= 11 is 0. The molecule has 3 rings (SSSR count). The standard InChI is InChI=1S/C20H28N6O6S/c1-20(2,3)31-19(28)22-12-16(27)32-25-17(21)15-10-6-7-11-26(15)33(29,30)18-23-13-8-4-5-9-14(13)24-18/h4-5,8-9,15H,6-7,10-12H2,1-3H3,(H2,21,25)(H,22,28)(H,23,24). The first kappa shape index (κ1) is 24.5. The summed E-state index contributed by atoms with van der Waals surface area (Å²) in [5, 5.41) is 5.67. The lowest BCUT2D eigenvalue weighted by Crippen LogP contribution is -2.50. The topological polar surface area (TPSA) is 169 Å². The van der Waals surface area contributed by atoms with E-state index in [0.29, 0.717) is 23.9 Å². The molecule has 0 saturated carbocycles. The van der Waals surface area contributed by atoms with Gasteiger partial charge in [-0.15, -0.1) is 0 Å². The zero-order valence-electron chi connectivity index (χ0n) is 18.7. The van der Waals surface area contributed by atoms with Gasteiger partial charge in [0.2, 0.25) is 5.16 Å². The molecule has 0 spiro atoms. The minimum Gasteiger partial charge on any atom is -0.444 e. The number of carbonyl (C=O) groups is 2. The number of ether oxygens (including phenoxy) is 1. The van der Waals surface area contributed by atoms with Gasteiger partial charge in [-0.1, -0.05) is 23.7 Å². The molecule has 0 radical (unpaired) electrons. The molecule has 1 amide bonds. The fourth-order valence-electron chi connectivity index (χ4n) is 3.31. The Hall–Kier alpha value is -3.19. The molecule has 0 bridgehead atoms. The van der Waals surface area contributed by atoms with E-state index in [1.54, 1.807) is 45.0 Å². The minimum absolute atomic E-state index is 0.167. The van der Waals surface area contributed by atoms with Crippen LogP contribution in [-0.4, -0.2) is 65.3 Å². The van der Waals surface area contributed by atoms with Crippen molar-refractivity contribution in [1.29, 1.82) is 0 Å². The van der Waals surface area contributed by atoms with Crippen LogP contribution in [0, 0.1) is 0 Å². The number of hydrogen-bond acceptors (Lipinski definition) is 8. The maximum atomic E-state index is 13.3. The van der Waals surface area contributed by atoms with Crippen molar-refractivity contribution in [2.75, 3.05) is 13.1 Å². The lowest BCUT2D eigenvalue weighted by atomic mass is 10.0. The number of alkyl carbamates (subject to hydrolysis) is 1. The number of H-pyrrole nitrogens is 1. The van der Waals surface area contributed by atoms with Gasteiger partial charge in [-0.2, -0.15) is 4.31 Å². The van der Waals surface area contributed by atoms with Gasteiger partial charge in [-0.25, -0.2) is 23.0 Å². The molecule has 1 aliphatic rings. The molecule has 4 N–H and O–H groups in total. The lowest BCUT2D eigenvalue weighted by molar-refractivity contribution is -0.142. The van der Waals surface area contributed by atoms with Crippen molar-refractivity contribution in [1.82, 2.24) is 19.6 Å². The van der Waals surface area contributed by atoms with E-state index in [1.807, 2.05) is 0 Å². The summed E-state index contributed by atoms with van der Waals surface area (Å²) < 4.78 is 32.7. The molecule has 1 saturated heterocycles. The van der Waals surface area contributed by atoms with Gasteiger partial charge in [0.1, 0.15) is 12.1 Å². The number of oxime groups is 1. The fraction of sp³-hybridized carbons (Fsp3) is 0.500. The largest absolute Gasteiger partial charge is 0.444 e. The van der Waals surface area contributed by atoms with Crippen molar-refractivity contribution in [3.8, 4) is 0 Å². The molecule has 1 aliphatic heterocycles. The summed E-state index contributed by atoms with van der Waals surface area (Å²) in [5.74, 6) is -1.05. The number of amidine groups is 1. The van der Waals surface area contributed by atoms with E-state index in [2.05, 4.69) is 20.4 Å². The normalized spacial score (nSPS) is 18.2. The number of nitrogens with zero attached hydrogens (tertiary/aromatic N) is 3. The Morgan fingerprint density at radius 3 is 2.73 bits per heavy atom. The maximum Gasteiger partial charge on any atom is 0.408 e. The second-order valence-electron chi connectivity index (χ2n) is 8.52. The van der Waals surface area contributed by atoms with Crippen LogP contribution in [-0.2, 0) is 24.4 Å². The van der Waals surface area contributed by atoms with Crippen LogP contribution in [0.25, 0.3) is 11.0 Å². The molecule has 1 aromatic carbocycles. The highest BCUT2D eigenvalue weighted by Gasteiger charge is 2.38. The average Bonchev–Trinajstić information content (AvgIpc) is 3.20. The Morgan fingerprint density at radius 1 is 1.30 bits per heavy atom.